The Morgan fingerprint density at radius 3 is 0.920 bits per heavy atom. The topological polar surface area (TPSA) is 160 Å². The van der Waals surface area contributed by atoms with Crippen LogP contribution in [0.3, 0.4) is 0 Å². The summed E-state index contributed by atoms with van der Waals surface area (Å²) in [6.07, 6.45) is 3.85. The first-order valence-electron chi connectivity index (χ1n) is 6.16. The Morgan fingerprint density at radius 2 is 0.840 bits per heavy atom. The SMILES string of the molecule is O=C([O-])c1ccco1.O=C([O-])c1ccco1.O=C([O-])c1ccco1.[Al+3]. The minimum atomic E-state index is -1.28. The van der Waals surface area contributed by atoms with Gasteiger partial charge in [0.15, 0.2) is 0 Å². The van der Waals surface area contributed by atoms with E-state index in [-0.39, 0.29) is 34.6 Å². The van der Waals surface area contributed by atoms with Crippen LogP contribution in [0.4, 0.5) is 0 Å². The van der Waals surface area contributed by atoms with Crippen molar-refractivity contribution in [1.82, 2.24) is 0 Å². The van der Waals surface area contributed by atoms with Crippen LogP contribution in [0.15, 0.2) is 68.4 Å². The van der Waals surface area contributed by atoms with Crippen molar-refractivity contribution in [3.8, 4) is 0 Å². The second kappa shape index (κ2) is 11.3. The first-order chi connectivity index (χ1) is 11.4. The van der Waals surface area contributed by atoms with Gasteiger partial charge in [-0.3, -0.25) is 0 Å². The quantitative estimate of drug-likeness (QED) is 0.509. The van der Waals surface area contributed by atoms with Crippen molar-refractivity contribution in [3.63, 3.8) is 0 Å². The minimum absolute atomic E-state index is 0. The average Bonchev–Trinajstić information content (AvgIpc) is 3.29. The van der Waals surface area contributed by atoms with E-state index in [4.69, 9.17) is 0 Å². The van der Waals surface area contributed by atoms with Gasteiger partial charge in [-0.05, 0) is 36.4 Å². The molecule has 0 atom stereocenters. The van der Waals surface area contributed by atoms with E-state index in [1.807, 2.05) is 0 Å². The molecule has 0 aliphatic carbocycles. The van der Waals surface area contributed by atoms with Crippen LogP contribution in [0.1, 0.15) is 31.7 Å². The van der Waals surface area contributed by atoms with Crippen molar-refractivity contribution >= 4 is 35.3 Å². The van der Waals surface area contributed by atoms with Gasteiger partial charge in [0.25, 0.3) is 0 Å². The van der Waals surface area contributed by atoms with Gasteiger partial charge in [0.1, 0.15) is 35.2 Å². The number of rotatable bonds is 3. The Balaban J connectivity index is 0.000000339. The van der Waals surface area contributed by atoms with Gasteiger partial charge < -0.3 is 43.0 Å². The summed E-state index contributed by atoms with van der Waals surface area (Å²) in [7, 11) is 0. The smallest absolute Gasteiger partial charge is 0.542 e. The summed E-state index contributed by atoms with van der Waals surface area (Å²) in [4.78, 5) is 29.6. The zero-order valence-electron chi connectivity index (χ0n) is 12.4. The van der Waals surface area contributed by atoms with Crippen LogP contribution in [0.2, 0.25) is 0 Å². The van der Waals surface area contributed by atoms with Crippen molar-refractivity contribution in [1.29, 1.82) is 0 Å². The molecule has 0 aliphatic heterocycles. The Morgan fingerprint density at radius 1 is 0.600 bits per heavy atom. The third-order valence-corrected chi connectivity index (χ3v) is 2.17. The molecule has 0 unspecified atom stereocenters. The average molecular weight is 360 g/mol. The Hall–Kier alpha value is -3.22. The zero-order chi connectivity index (χ0) is 17.9. The van der Waals surface area contributed by atoms with E-state index < -0.39 is 17.9 Å². The zero-order valence-corrected chi connectivity index (χ0v) is 13.6. The molecule has 3 aromatic rings. The molecular formula is C15H9AlO9. The Labute approximate surface area is 151 Å². The van der Waals surface area contributed by atoms with Gasteiger partial charge >= 0.3 is 17.4 Å². The maximum absolute atomic E-state index is 9.86. The molecule has 9 nitrogen and oxygen atoms in total. The van der Waals surface area contributed by atoms with Crippen molar-refractivity contribution in [2.75, 3.05) is 0 Å². The van der Waals surface area contributed by atoms with Gasteiger partial charge in [0.2, 0.25) is 0 Å². The molecule has 126 valence electrons. The number of carboxylic acids is 3. The third kappa shape index (κ3) is 8.27. The molecule has 3 heterocycles. The van der Waals surface area contributed by atoms with Crippen LogP contribution in [0.5, 0.6) is 0 Å². The number of hydrogen-bond donors (Lipinski definition) is 0. The van der Waals surface area contributed by atoms with Gasteiger partial charge in [0, 0.05) is 0 Å². The standard InChI is InChI=1S/3C5H4O3.Al/c3*6-5(7)4-2-1-3-8-4;/h3*1-3H,(H,6,7);/q;;;+3/p-3. The summed E-state index contributed by atoms with van der Waals surface area (Å²) < 4.78 is 13.3. The first kappa shape index (κ1) is 21.8. The summed E-state index contributed by atoms with van der Waals surface area (Å²) in [6, 6.07) is 8.46. The largest absolute Gasteiger partial charge is 3.00 e. The summed E-state index contributed by atoms with van der Waals surface area (Å²) >= 11 is 0. The van der Waals surface area contributed by atoms with E-state index in [1.54, 1.807) is 0 Å². The van der Waals surface area contributed by atoms with E-state index >= 15 is 0 Å². The normalized spacial score (nSPS) is 8.64. The van der Waals surface area contributed by atoms with Crippen LogP contribution in [0.25, 0.3) is 0 Å². The second-order valence-electron chi connectivity index (χ2n) is 3.79. The predicted octanol–water partition coefficient (Wildman–Crippen LogP) is -1.45. The van der Waals surface area contributed by atoms with Crippen LogP contribution in [-0.2, 0) is 0 Å². The minimum Gasteiger partial charge on any atom is -0.542 e. The number of carbonyl (C=O) groups is 3. The molecule has 0 aliphatic rings. The van der Waals surface area contributed by atoms with E-state index in [0.717, 1.165) is 0 Å². The third-order valence-electron chi connectivity index (χ3n) is 2.17. The maximum Gasteiger partial charge on any atom is 3.00 e. The first-order valence-corrected chi connectivity index (χ1v) is 6.16. The van der Waals surface area contributed by atoms with Gasteiger partial charge in [-0.15, -0.1) is 0 Å². The van der Waals surface area contributed by atoms with Crippen LogP contribution >= 0.6 is 0 Å². The molecular weight excluding hydrogens is 351 g/mol. The summed E-state index contributed by atoms with van der Waals surface area (Å²) in [5.41, 5.74) is 0. The number of hydrogen-bond acceptors (Lipinski definition) is 9. The molecule has 3 aromatic heterocycles. The molecule has 0 fully saturated rings. The van der Waals surface area contributed by atoms with Crippen molar-refractivity contribution < 1.29 is 43.0 Å². The van der Waals surface area contributed by atoms with Crippen molar-refractivity contribution in [2.45, 2.75) is 0 Å². The van der Waals surface area contributed by atoms with E-state index in [2.05, 4.69) is 13.3 Å². The van der Waals surface area contributed by atoms with Gasteiger partial charge in [0.05, 0.1) is 18.8 Å². The molecule has 0 saturated carbocycles. The predicted molar refractivity (Wildman–Crippen MR) is 74.9 cm³/mol. The molecule has 0 radical (unpaired) electrons. The number of carboxylic acid groups (broad SMARTS) is 3. The monoisotopic (exact) mass is 360 g/mol. The molecule has 10 heteroatoms. The molecule has 3 rings (SSSR count). The molecule has 0 bridgehead atoms. The van der Waals surface area contributed by atoms with E-state index in [0.29, 0.717) is 0 Å². The van der Waals surface area contributed by atoms with E-state index in [1.165, 1.54) is 55.2 Å². The Bertz CT molecular complexity index is 638. The van der Waals surface area contributed by atoms with E-state index in [9.17, 15) is 29.7 Å². The number of aromatic carboxylic acids is 3. The fourth-order valence-electron chi connectivity index (χ4n) is 1.18. The van der Waals surface area contributed by atoms with Crippen LogP contribution < -0.4 is 15.3 Å². The second-order valence-corrected chi connectivity index (χ2v) is 3.79. The van der Waals surface area contributed by atoms with Crippen LogP contribution in [0, 0.1) is 0 Å². The summed E-state index contributed by atoms with van der Waals surface area (Å²) in [5.74, 6) is -4.25. The fourth-order valence-corrected chi connectivity index (χ4v) is 1.18. The molecule has 25 heavy (non-hydrogen) atoms. The Kier molecular flexibility index (Phi) is 9.88. The maximum atomic E-state index is 9.86. The number of furan rings is 3. The molecule has 0 spiro atoms. The van der Waals surface area contributed by atoms with Crippen molar-refractivity contribution in [2.24, 2.45) is 0 Å². The molecule has 0 aromatic carbocycles. The number of carbonyl (C=O) groups excluding carboxylic acids is 3. The van der Waals surface area contributed by atoms with Gasteiger partial charge in [-0.1, -0.05) is 0 Å². The molecule has 0 saturated heterocycles. The van der Waals surface area contributed by atoms with Gasteiger partial charge in [-0.25, -0.2) is 0 Å². The fraction of sp³-hybridized carbons (Fsp3) is 0. The van der Waals surface area contributed by atoms with Crippen LogP contribution in [-0.4, -0.2) is 35.3 Å². The summed E-state index contributed by atoms with van der Waals surface area (Å²) in [5, 5.41) is 29.6. The molecule has 0 amide bonds. The summed E-state index contributed by atoms with van der Waals surface area (Å²) in [6.45, 7) is 0. The van der Waals surface area contributed by atoms with Crippen molar-refractivity contribution in [3.05, 3.63) is 72.5 Å². The molecule has 0 N–H and O–H groups in total. The van der Waals surface area contributed by atoms with Gasteiger partial charge in [-0.2, -0.15) is 0 Å².